The number of hydrogen-bond acceptors (Lipinski definition) is 5. The van der Waals surface area contributed by atoms with Gasteiger partial charge in [-0.1, -0.05) is 30.8 Å². The van der Waals surface area contributed by atoms with E-state index < -0.39 is 0 Å². The number of carbonyl (C=O) groups excluding carboxylic acids is 1. The molecule has 130 valence electrons. The van der Waals surface area contributed by atoms with Crippen LogP contribution < -0.4 is 5.32 Å². The number of nitrogens with one attached hydrogen (secondary N) is 1. The van der Waals surface area contributed by atoms with Crippen molar-refractivity contribution in [1.82, 2.24) is 15.2 Å². The Morgan fingerprint density at radius 3 is 3.17 bits per heavy atom. The Labute approximate surface area is 152 Å². The fourth-order valence-electron chi connectivity index (χ4n) is 3.19. The van der Waals surface area contributed by atoms with E-state index >= 15 is 0 Å². The molecular weight excluding hydrogens is 338 g/mol. The molecule has 3 rings (SSSR count). The topological polar surface area (TPSA) is 45.2 Å². The Morgan fingerprint density at radius 2 is 2.33 bits per heavy atom. The summed E-state index contributed by atoms with van der Waals surface area (Å²) in [7, 11) is 0. The molecule has 0 saturated carbocycles. The highest BCUT2D eigenvalue weighted by Gasteiger charge is 2.19. The SMILES string of the molecule is CCCN1CCCC(CNC(=O)CSc2nc3ccccc3s2)C1. The van der Waals surface area contributed by atoms with Crippen LogP contribution in [-0.4, -0.2) is 47.7 Å². The average Bonchev–Trinajstić information content (AvgIpc) is 3.02. The lowest BCUT2D eigenvalue weighted by molar-refractivity contribution is -0.118. The number of piperidine rings is 1. The summed E-state index contributed by atoms with van der Waals surface area (Å²) in [4.78, 5) is 19.2. The number of likely N-dealkylation sites (tertiary alicyclic amines) is 1. The molecule has 0 aliphatic carbocycles. The third-order valence-corrected chi connectivity index (χ3v) is 6.51. The van der Waals surface area contributed by atoms with Gasteiger partial charge in [-0.3, -0.25) is 4.79 Å². The zero-order valence-corrected chi connectivity index (χ0v) is 15.8. The van der Waals surface area contributed by atoms with Gasteiger partial charge in [0.15, 0.2) is 4.34 Å². The van der Waals surface area contributed by atoms with Gasteiger partial charge in [0.2, 0.25) is 5.91 Å². The van der Waals surface area contributed by atoms with Crippen molar-refractivity contribution in [3.63, 3.8) is 0 Å². The second kappa shape index (κ2) is 8.83. The van der Waals surface area contributed by atoms with Gasteiger partial charge in [0.25, 0.3) is 0 Å². The minimum Gasteiger partial charge on any atom is -0.355 e. The van der Waals surface area contributed by atoms with Gasteiger partial charge >= 0.3 is 0 Å². The van der Waals surface area contributed by atoms with E-state index in [0.717, 1.165) is 22.9 Å². The Balaban J connectivity index is 1.41. The number of fused-ring (bicyclic) bond motifs is 1. The maximum absolute atomic E-state index is 12.1. The molecule has 1 aromatic carbocycles. The molecule has 1 aromatic heterocycles. The molecule has 1 aliphatic heterocycles. The predicted molar refractivity (Wildman–Crippen MR) is 103 cm³/mol. The van der Waals surface area contributed by atoms with Crippen LogP contribution in [0.3, 0.4) is 0 Å². The Hall–Kier alpha value is -1.11. The molecule has 1 atom stereocenters. The number of carbonyl (C=O) groups is 1. The first kappa shape index (κ1) is 17.7. The van der Waals surface area contributed by atoms with Crippen LogP contribution in [0.2, 0.25) is 0 Å². The van der Waals surface area contributed by atoms with Crippen LogP contribution >= 0.6 is 23.1 Å². The zero-order valence-electron chi connectivity index (χ0n) is 14.2. The molecule has 1 amide bonds. The molecule has 2 aromatic rings. The van der Waals surface area contributed by atoms with E-state index in [4.69, 9.17) is 0 Å². The highest BCUT2D eigenvalue weighted by molar-refractivity contribution is 8.01. The monoisotopic (exact) mass is 363 g/mol. The number of nitrogens with zero attached hydrogens (tertiary/aromatic N) is 2. The summed E-state index contributed by atoms with van der Waals surface area (Å²) in [5, 5.41) is 3.11. The highest BCUT2D eigenvalue weighted by atomic mass is 32.2. The number of amides is 1. The van der Waals surface area contributed by atoms with E-state index in [1.54, 1.807) is 11.3 Å². The van der Waals surface area contributed by atoms with Crippen molar-refractivity contribution in [3.05, 3.63) is 24.3 Å². The van der Waals surface area contributed by atoms with Gasteiger partial charge in [0, 0.05) is 13.1 Å². The summed E-state index contributed by atoms with van der Waals surface area (Å²) in [5.41, 5.74) is 1.02. The maximum Gasteiger partial charge on any atom is 0.230 e. The molecule has 1 fully saturated rings. The molecule has 4 nitrogen and oxygen atoms in total. The summed E-state index contributed by atoms with van der Waals surface area (Å²) in [5.74, 6) is 1.17. The van der Waals surface area contributed by atoms with E-state index in [9.17, 15) is 4.79 Å². The lowest BCUT2D eigenvalue weighted by atomic mass is 9.98. The molecule has 0 radical (unpaired) electrons. The van der Waals surface area contributed by atoms with E-state index in [0.29, 0.717) is 11.7 Å². The van der Waals surface area contributed by atoms with Gasteiger partial charge in [-0.05, 0) is 50.4 Å². The van der Waals surface area contributed by atoms with Gasteiger partial charge in [-0.2, -0.15) is 0 Å². The van der Waals surface area contributed by atoms with Crippen molar-refractivity contribution in [2.24, 2.45) is 5.92 Å². The van der Waals surface area contributed by atoms with E-state index in [1.807, 2.05) is 18.2 Å². The Kier molecular flexibility index (Phi) is 6.51. The first-order valence-corrected chi connectivity index (χ1v) is 10.5. The predicted octanol–water partition coefficient (Wildman–Crippen LogP) is 3.63. The smallest absolute Gasteiger partial charge is 0.230 e. The molecule has 6 heteroatoms. The van der Waals surface area contributed by atoms with Crippen molar-refractivity contribution < 1.29 is 4.79 Å². The highest BCUT2D eigenvalue weighted by Crippen LogP contribution is 2.29. The van der Waals surface area contributed by atoms with Crippen LogP contribution in [-0.2, 0) is 4.79 Å². The van der Waals surface area contributed by atoms with Crippen LogP contribution in [0.25, 0.3) is 10.2 Å². The minimum absolute atomic E-state index is 0.117. The quantitative estimate of drug-likeness (QED) is 0.763. The fraction of sp³-hybridized carbons (Fsp3) is 0.556. The number of rotatable bonds is 7. The third kappa shape index (κ3) is 4.94. The van der Waals surface area contributed by atoms with Crippen molar-refractivity contribution in [3.8, 4) is 0 Å². The van der Waals surface area contributed by atoms with Crippen LogP contribution in [0.15, 0.2) is 28.6 Å². The lowest BCUT2D eigenvalue weighted by Gasteiger charge is -2.32. The molecule has 0 spiro atoms. The second-order valence-electron chi connectivity index (χ2n) is 6.35. The summed E-state index contributed by atoms with van der Waals surface area (Å²) >= 11 is 3.19. The largest absolute Gasteiger partial charge is 0.355 e. The molecule has 2 heterocycles. The molecule has 1 N–H and O–H groups in total. The number of benzene rings is 1. The van der Waals surface area contributed by atoms with Gasteiger partial charge < -0.3 is 10.2 Å². The standard InChI is InChI=1S/C18H25N3OS2/c1-2-9-21-10-5-6-14(12-21)11-19-17(22)13-23-18-20-15-7-3-4-8-16(15)24-18/h3-4,7-8,14H,2,5-6,9-13H2,1H3,(H,19,22). The maximum atomic E-state index is 12.1. The normalized spacial score (nSPS) is 18.8. The Bertz CT molecular complexity index is 638. The minimum atomic E-state index is 0.117. The van der Waals surface area contributed by atoms with Crippen LogP contribution in [0.5, 0.6) is 0 Å². The van der Waals surface area contributed by atoms with E-state index in [2.05, 4.69) is 28.2 Å². The van der Waals surface area contributed by atoms with Crippen molar-refractivity contribution in [2.45, 2.75) is 30.5 Å². The molecule has 24 heavy (non-hydrogen) atoms. The molecule has 1 aliphatic rings. The van der Waals surface area contributed by atoms with Gasteiger partial charge in [0.1, 0.15) is 0 Å². The summed E-state index contributed by atoms with van der Waals surface area (Å²) in [6.45, 7) is 6.55. The number of para-hydroxylation sites is 1. The van der Waals surface area contributed by atoms with E-state index in [1.165, 1.54) is 48.8 Å². The molecule has 1 unspecified atom stereocenters. The van der Waals surface area contributed by atoms with Crippen LogP contribution in [0.1, 0.15) is 26.2 Å². The second-order valence-corrected chi connectivity index (χ2v) is 8.60. The zero-order chi connectivity index (χ0) is 16.8. The number of aromatic nitrogens is 1. The third-order valence-electron chi connectivity index (χ3n) is 4.33. The van der Waals surface area contributed by atoms with Gasteiger partial charge in [-0.15, -0.1) is 11.3 Å². The van der Waals surface area contributed by atoms with Crippen LogP contribution in [0, 0.1) is 5.92 Å². The van der Waals surface area contributed by atoms with Gasteiger partial charge in [0.05, 0.1) is 16.0 Å². The van der Waals surface area contributed by atoms with Crippen molar-refractivity contribution >= 4 is 39.2 Å². The molecule has 1 saturated heterocycles. The molecule has 0 bridgehead atoms. The lowest BCUT2D eigenvalue weighted by Crippen LogP contribution is -2.41. The van der Waals surface area contributed by atoms with Gasteiger partial charge in [-0.25, -0.2) is 4.98 Å². The Morgan fingerprint density at radius 1 is 1.46 bits per heavy atom. The molecular formula is C18H25N3OS2. The first-order valence-electron chi connectivity index (χ1n) is 8.72. The summed E-state index contributed by atoms with van der Waals surface area (Å²) in [6.07, 6.45) is 3.68. The number of thiazole rings is 1. The number of hydrogen-bond donors (Lipinski definition) is 1. The summed E-state index contributed by atoms with van der Waals surface area (Å²) < 4.78 is 2.15. The average molecular weight is 364 g/mol. The fourth-order valence-corrected chi connectivity index (χ4v) is 5.08. The first-order chi connectivity index (χ1) is 11.7. The summed E-state index contributed by atoms with van der Waals surface area (Å²) in [6, 6.07) is 8.10. The van der Waals surface area contributed by atoms with Crippen molar-refractivity contribution in [1.29, 1.82) is 0 Å². The van der Waals surface area contributed by atoms with Crippen molar-refractivity contribution in [2.75, 3.05) is 31.9 Å². The van der Waals surface area contributed by atoms with E-state index in [-0.39, 0.29) is 5.91 Å². The number of thioether (sulfide) groups is 1. The van der Waals surface area contributed by atoms with Crippen LogP contribution in [0.4, 0.5) is 0 Å².